The summed E-state index contributed by atoms with van der Waals surface area (Å²) in [5.41, 5.74) is 1.77. The van der Waals surface area contributed by atoms with Crippen molar-refractivity contribution >= 4 is 21.7 Å². The zero-order valence-electron chi connectivity index (χ0n) is 18.0. The molecule has 1 aromatic carbocycles. The highest BCUT2D eigenvalue weighted by Gasteiger charge is 2.39. The molecular weight excluding hydrogens is 418 g/mol. The summed E-state index contributed by atoms with van der Waals surface area (Å²) in [4.78, 5) is 23.3. The Morgan fingerprint density at radius 3 is 2.58 bits per heavy atom. The summed E-state index contributed by atoms with van der Waals surface area (Å²) in [6, 6.07) is 5.95. The molecule has 31 heavy (non-hydrogen) atoms. The smallest absolute Gasteiger partial charge is 0.243 e. The average Bonchev–Trinajstić information content (AvgIpc) is 3.29. The third kappa shape index (κ3) is 3.97. The molecule has 2 aliphatic rings. The van der Waals surface area contributed by atoms with Gasteiger partial charge in [-0.1, -0.05) is 0 Å². The van der Waals surface area contributed by atoms with Gasteiger partial charge in [0.05, 0.1) is 30.3 Å². The van der Waals surface area contributed by atoms with Gasteiger partial charge in [-0.15, -0.1) is 0 Å². The largest absolute Gasteiger partial charge is 0.497 e. The van der Waals surface area contributed by atoms with Crippen LogP contribution in [0, 0.1) is 0 Å². The number of hydrogen-bond donors (Lipinski definition) is 1. The minimum absolute atomic E-state index is 0.00129. The Balaban J connectivity index is 1.70. The second kappa shape index (κ2) is 8.43. The van der Waals surface area contributed by atoms with Gasteiger partial charge in [0.15, 0.2) is 0 Å². The number of carbonyl (C=O) groups excluding carboxylic acids is 1. The Bertz CT molecular complexity index is 1090. The molecule has 1 N–H and O–H groups in total. The number of methoxy groups -OCH3 is 1. The first kappa shape index (κ1) is 21.5. The van der Waals surface area contributed by atoms with E-state index in [1.54, 1.807) is 50.2 Å². The first-order valence-electron chi connectivity index (χ1n) is 10.3. The summed E-state index contributed by atoms with van der Waals surface area (Å²) in [6.45, 7) is 2.99. The van der Waals surface area contributed by atoms with Crippen molar-refractivity contribution in [3.63, 3.8) is 0 Å². The lowest BCUT2D eigenvalue weighted by molar-refractivity contribution is -0.129. The van der Waals surface area contributed by atoms with Crippen LogP contribution in [0.5, 0.6) is 5.75 Å². The topological polar surface area (TPSA) is 105 Å². The average molecular weight is 446 g/mol. The van der Waals surface area contributed by atoms with Gasteiger partial charge in [-0.05, 0) is 43.5 Å². The van der Waals surface area contributed by atoms with Crippen LogP contribution >= 0.6 is 0 Å². The monoisotopic (exact) mass is 445 g/mol. The van der Waals surface area contributed by atoms with Crippen LogP contribution in [-0.4, -0.2) is 60.7 Å². The van der Waals surface area contributed by atoms with E-state index < -0.39 is 16.1 Å². The second-order valence-electron chi connectivity index (χ2n) is 7.75. The maximum Gasteiger partial charge on any atom is 0.243 e. The maximum absolute atomic E-state index is 13.4. The number of carbonyl (C=O) groups is 1. The molecule has 166 valence electrons. The van der Waals surface area contributed by atoms with Gasteiger partial charge in [0.1, 0.15) is 17.4 Å². The van der Waals surface area contributed by atoms with E-state index in [1.807, 2.05) is 0 Å². The number of nitrogens with zero attached hydrogens (tertiary/aromatic N) is 4. The minimum atomic E-state index is -3.71. The Kier molecular flexibility index (Phi) is 5.85. The number of ether oxygens (including phenoxy) is 1. The van der Waals surface area contributed by atoms with Gasteiger partial charge in [-0.25, -0.2) is 18.4 Å². The van der Waals surface area contributed by atoms with E-state index in [4.69, 9.17) is 9.72 Å². The lowest BCUT2D eigenvalue weighted by Crippen LogP contribution is -2.36. The van der Waals surface area contributed by atoms with Crippen LogP contribution in [0.15, 0.2) is 29.2 Å². The van der Waals surface area contributed by atoms with Gasteiger partial charge in [0, 0.05) is 32.6 Å². The fourth-order valence-corrected chi connectivity index (χ4v) is 5.90. The van der Waals surface area contributed by atoms with Crippen molar-refractivity contribution in [1.82, 2.24) is 19.2 Å². The highest BCUT2D eigenvalue weighted by molar-refractivity contribution is 7.89. The van der Waals surface area contributed by atoms with Crippen LogP contribution in [0.3, 0.4) is 0 Å². The molecule has 0 saturated carbocycles. The fourth-order valence-electron chi connectivity index (χ4n) is 4.24. The van der Waals surface area contributed by atoms with E-state index in [0.717, 1.165) is 17.7 Å². The fraction of sp³-hybridized carbons (Fsp3) is 0.476. The molecule has 0 bridgehead atoms. The molecule has 0 unspecified atom stereocenters. The molecule has 0 spiro atoms. The van der Waals surface area contributed by atoms with Crippen LogP contribution in [0.1, 0.15) is 42.9 Å². The normalized spacial score (nSPS) is 19.2. The number of fused-ring (bicyclic) bond motifs is 1. The van der Waals surface area contributed by atoms with Crippen LogP contribution < -0.4 is 10.1 Å². The predicted molar refractivity (Wildman–Crippen MR) is 115 cm³/mol. The quantitative estimate of drug-likeness (QED) is 0.750. The SMILES string of the molecule is CNc1nc([C@H]2CCCN2S(=O)(=O)c2ccc(OC)cc2)nc2c1CCN(C(C)=O)C2. The Morgan fingerprint density at radius 1 is 1.19 bits per heavy atom. The number of rotatable bonds is 5. The van der Waals surface area contributed by atoms with E-state index >= 15 is 0 Å². The van der Waals surface area contributed by atoms with E-state index in [9.17, 15) is 13.2 Å². The van der Waals surface area contributed by atoms with E-state index in [-0.39, 0.29) is 10.8 Å². The number of nitrogens with one attached hydrogen (secondary N) is 1. The van der Waals surface area contributed by atoms with E-state index in [0.29, 0.717) is 49.9 Å². The lowest BCUT2D eigenvalue weighted by atomic mass is 10.0. The Hall–Kier alpha value is -2.72. The molecule has 1 amide bonds. The van der Waals surface area contributed by atoms with Crippen molar-refractivity contribution in [2.75, 3.05) is 32.6 Å². The summed E-state index contributed by atoms with van der Waals surface area (Å²) < 4.78 is 33.4. The van der Waals surface area contributed by atoms with Crippen molar-refractivity contribution < 1.29 is 17.9 Å². The molecule has 2 aliphatic heterocycles. The second-order valence-corrected chi connectivity index (χ2v) is 9.64. The number of hydrogen-bond acceptors (Lipinski definition) is 7. The van der Waals surface area contributed by atoms with Gasteiger partial charge >= 0.3 is 0 Å². The summed E-state index contributed by atoms with van der Waals surface area (Å²) in [5.74, 6) is 1.78. The summed E-state index contributed by atoms with van der Waals surface area (Å²) >= 11 is 0. The van der Waals surface area contributed by atoms with Crippen LogP contribution in [0.25, 0.3) is 0 Å². The summed E-state index contributed by atoms with van der Waals surface area (Å²) in [7, 11) is -0.376. The maximum atomic E-state index is 13.4. The molecule has 3 heterocycles. The Morgan fingerprint density at radius 2 is 1.94 bits per heavy atom. The van der Waals surface area contributed by atoms with Crippen LogP contribution in [0.2, 0.25) is 0 Å². The number of benzene rings is 1. The first-order valence-corrected chi connectivity index (χ1v) is 11.8. The molecular formula is C21H27N5O4S. The summed E-state index contributed by atoms with van der Waals surface area (Å²) in [6.07, 6.45) is 2.05. The molecule has 1 fully saturated rings. The molecule has 9 nitrogen and oxygen atoms in total. The third-order valence-electron chi connectivity index (χ3n) is 5.93. The predicted octanol–water partition coefficient (Wildman–Crippen LogP) is 1.96. The molecule has 1 atom stereocenters. The van der Waals surface area contributed by atoms with Crippen molar-refractivity contribution in [2.45, 2.75) is 43.7 Å². The first-order chi connectivity index (χ1) is 14.8. The zero-order valence-corrected chi connectivity index (χ0v) is 18.8. The van der Waals surface area contributed by atoms with E-state index in [2.05, 4.69) is 10.3 Å². The minimum Gasteiger partial charge on any atom is -0.497 e. The number of sulfonamides is 1. The molecule has 0 aliphatic carbocycles. The molecule has 2 aromatic rings. The molecule has 1 saturated heterocycles. The number of amides is 1. The molecule has 10 heteroatoms. The molecule has 4 rings (SSSR count). The zero-order chi connectivity index (χ0) is 22.2. The number of aromatic nitrogens is 2. The van der Waals surface area contributed by atoms with Gasteiger partial charge < -0.3 is 15.0 Å². The van der Waals surface area contributed by atoms with Crippen molar-refractivity contribution in [3.8, 4) is 5.75 Å². The summed E-state index contributed by atoms with van der Waals surface area (Å²) in [5, 5.41) is 3.12. The van der Waals surface area contributed by atoms with Crippen molar-refractivity contribution in [3.05, 3.63) is 41.3 Å². The number of anilines is 1. The molecule has 0 radical (unpaired) electrons. The van der Waals surface area contributed by atoms with Gasteiger partial charge in [0.2, 0.25) is 15.9 Å². The van der Waals surface area contributed by atoms with Gasteiger partial charge in [-0.2, -0.15) is 4.31 Å². The standard InChI is InChI=1S/C21H27N5O4S/c1-14(27)25-12-10-17-18(13-25)23-21(24-20(17)22-2)19-5-4-11-26(19)31(28,29)16-8-6-15(30-3)7-9-16/h6-9,19H,4-5,10-13H2,1-3H3,(H,22,23,24)/t19-/m1/s1. The van der Waals surface area contributed by atoms with Crippen LogP contribution in [0.4, 0.5) is 5.82 Å². The highest BCUT2D eigenvalue weighted by Crippen LogP contribution is 2.37. The third-order valence-corrected chi connectivity index (χ3v) is 7.85. The molecule has 1 aromatic heterocycles. The van der Waals surface area contributed by atoms with Crippen molar-refractivity contribution in [1.29, 1.82) is 0 Å². The van der Waals surface area contributed by atoms with Gasteiger partial charge in [-0.3, -0.25) is 4.79 Å². The lowest BCUT2D eigenvalue weighted by Gasteiger charge is -2.30. The van der Waals surface area contributed by atoms with Gasteiger partial charge in [0.25, 0.3) is 0 Å². The van der Waals surface area contributed by atoms with Crippen molar-refractivity contribution in [2.24, 2.45) is 0 Å². The van der Waals surface area contributed by atoms with E-state index in [1.165, 1.54) is 4.31 Å². The Labute approximate surface area is 182 Å². The highest BCUT2D eigenvalue weighted by atomic mass is 32.2. The van der Waals surface area contributed by atoms with Crippen LogP contribution in [-0.2, 0) is 27.8 Å².